The summed E-state index contributed by atoms with van der Waals surface area (Å²) >= 11 is 0. The van der Waals surface area contributed by atoms with E-state index in [-0.39, 0.29) is 90.7 Å². The second-order valence-corrected chi connectivity index (χ2v) is 28.5. The number of hydrogen-bond donors (Lipinski definition) is 15. The summed E-state index contributed by atoms with van der Waals surface area (Å²) in [5.41, 5.74) is 2.17. The fourth-order valence-corrected chi connectivity index (χ4v) is 13.2. The SMILES string of the molecule is CC(=O)N[C@H]1[C@H](OCCOCCn2cc(CN(CCCCC(N(Cc3cn(CCOCCO[C@@H]4O[C@H](CO)[C@H](O)[C@H](O)[C@H]4C)nn3)Cc3cn(CCOCCO[C@@H]4O[C@H](CO)[C@H](O)[C@H](O)[C@H]4NC(C)=O)nn3)C(C)(C)C)Cc3cn(OCCO[C@@H]4O[C@H](CO)[C@H](O)[C@H](O)[C@H]4NC(C)=O)nn3)nn2)O[C@H](CO)[C@H](O)[C@@H]1O. The number of aliphatic hydroxyl groups excluding tert-OH is 12. The van der Waals surface area contributed by atoms with Crippen molar-refractivity contribution in [2.75, 3.05) is 106 Å². The highest BCUT2D eigenvalue weighted by Gasteiger charge is 2.49. The summed E-state index contributed by atoms with van der Waals surface area (Å²) in [5, 5.41) is 166. The highest BCUT2D eigenvalue weighted by molar-refractivity contribution is 5.74. The highest BCUT2D eigenvalue weighted by Crippen LogP contribution is 2.32. The van der Waals surface area contributed by atoms with Gasteiger partial charge < -0.3 is 134 Å². The fraction of sp³-hybridized carbons (Fsp3) is 0.833. The second kappa shape index (κ2) is 44.4. The maximum absolute atomic E-state index is 12.0. The smallest absolute Gasteiger partial charge is 0.217 e. The number of amides is 3. The van der Waals surface area contributed by atoms with Crippen molar-refractivity contribution in [3.63, 3.8) is 0 Å². The van der Waals surface area contributed by atoms with Gasteiger partial charge in [0.1, 0.15) is 97.6 Å². The number of rotatable bonds is 47. The Kier molecular flexibility index (Phi) is 36.1. The molecule has 4 aromatic heterocycles. The molecule has 0 bridgehead atoms. The molecule has 44 heteroatoms. The number of aliphatic hydroxyl groups is 12. The van der Waals surface area contributed by atoms with Gasteiger partial charge >= 0.3 is 0 Å². The van der Waals surface area contributed by atoms with Crippen LogP contribution in [0.4, 0.5) is 0 Å². The van der Waals surface area contributed by atoms with E-state index in [4.69, 9.17) is 56.9 Å². The van der Waals surface area contributed by atoms with Gasteiger partial charge in [0.05, 0.1) is 142 Å². The number of unbranched alkanes of at least 4 members (excludes halogenated alkanes) is 1. The summed E-state index contributed by atoms with van der Waals surface area (Å²) in [6.07, 6.45) is -10.9. The Morgan fingerprint density at radius 2 is 0.800 bits per heavy atom. The quantitative estimate of drug-likeness (QED) is 0.0183. The largest absolute Gasteiger partial charge is 0.394 e. The average Bonchev–Trinajstić information content (AvgIpc) is 1.14. The zero-order valence-corrected chi connectivity index (χ0v) is 63.1. The van der Waals surface area contributed by atoms with Gasteiger partial charge in [0.2, 0.25) is 17.7 Å². The molecule has 3 amide bonds. The van der Waals surface area contributed by atoms with E-state index in [0.717, 1.165) is 6.42 Å². The molecule has 8 rings (SSSR count). The van der Waals surface area contributed by atoms with E-state index >= 15 is 0 Å². The highest BCUT2D eigenvalue weighted by atomic mass is 16.7. The first-order chi connectivity index (χ1) is 52.7. The van der Waals surface area contributed by atoms with E-state index in [1.54, 1.807) is 33.4 Å². The summed E-state index contributed by atoms with van der Waals surface area (Å²) in [6, 6.07) is -3.45. The van der Waals surface area contributed by atoms with Crippen LogP contribution in [-0.2, 0) is 112 Å². The molecule has 4 aliphatic heterocycles. The van der Waals surface area contributed by atoms with Crippen LogP contribution in [0.5, 0.6) is 0 Å². The van der Waals surface area contributed by atoms with Gasteiger partial charge in [-0.05, 0) is 30.0 Å². The first kappa shape index (κ1) is 89.3. The van der Waals surface area contributed by atoms with Crippen LogP contribution >= 0.6 is 0 Å². The lowest BCUT2D eigenvalue weighted by Crippen LogP contribution is -2.64. The zero-order chi connectivity index (χ0) is 79.6. The predicted molar refractivity (Wildman–Crippen MR) is 371 cm³/mol. The van der Waals surface area contributed by atoms with Crippen molar-refractivity contribution in [3.05, 3.63) is 47.6 Å². The Morgan fingerprint density at radius 1 is 0.455 bits per heavy atom. The Balaban J connectivity index is 0.908. The average molecular weight is 1580 g/mol. The van der Waals surface area contributed by atoms with Crippen molar-refractivity contribution in [1.29, 1.82) is 0 Å². The van der Waals surface area contributed by atoms with Gasteiger partial charge in [-0.2, -0.15) is 0 Å². The van der Waals surface area contributed by atoms with Crippen molar-refractivity contribution >= 4 is 17.7 Å². The fourth-order valence-electron chi connectivity index (χ4n) is 13.2. The first-order valence-corrected chi connectivity index (χ1v) is 36.9. The van der Waals surface area contributed by atoms with Crippen LogP contribution < -0.4 is 20.8 Å². The lowest BCUT2D eigenvalue weighted by molar-refractivity contribution is -0.284. The Morgan fingerprint density at radius 3 is 1.18 bits per heavy atom. The van der Waals surface area contributed by atoms with Gasteiger partial charge in [-0.25, -0.2) is 14.0 Å². The molecule has 21 atom stereocenters. The molecule has 0 spiro atoms. The molecule has 0 radical (unpaired) electrons. The topological polar surface area (TPSA) is 570 Å². The molecular formula is C66H113N17O27. The molecule has 0 aliphatic carbocycles. The molecule has 44 nitrogen and oxygen atoms in total. The van der Waals surface area contributed by atoms with Crippen LogP contribution in [0.1, 0.15) is 90.5 Å². The van der Waals surface area contributed by atoms with Crippen molar-refractivity contribution in [2.45, 2.75) is 236 Å². The third-order valence-electron chi connectivity index (χ3n) is 18.9. The van der Waals surface area contributed by atoms with Crippen molar-refractivity contribution in [1.82, 2.24) is 85.9 Å². The molecule has 15 N–H and O–H groups in total. The summed E-state index contributed by atoms with van der Waals surface area (Å²) < 4.78 is 68.4. The molecule has 4 aliphatic rings. The third kappa shape index (κ3) is 26.7. The number of carbonyl (C=O) groups is 3. The standard InChI is InChI=1S/C66H113N17O27/c1-38-54(91)55(92)46(34-84)107-62(38)102-21-18-99-16-13-81-31-44(71-75-81)28-79(29-45-32-82(76-72-45)14-17-101-20-23-104-64-52(68-40(3)89)60(97)57(94)48(36-86)109-64)50(66(5,6)7)10-8-9-11-78(27-43-33-83(77-73-43)106-25-24-105-65-53(69-41(4)90)61(98)58(95)49(37-87)110-65)26-42-30-80(74-70-42)12-15-100-19-22-103-63-51(67-39(2)88)59(96)56(93)47(35-85)108-63/h30-33,38,46-65,84-87,91-98H,8-29,34-37H2,1-7H3,(H,67,88)(H,68,89)(H,69,90)/t38-,46-,47-,48-,49-,50?,51-,52-,53-,54-,55+,56+,57+,58+,59-,60-,61-,62-,63-,64-,65-/m1/s1. The maximum atomic E-state index is 12.0. The molecule has 4 saturated heterocycles. The van der Waals surface area contributed by atoms with Crippen LogP contribution in [0.25, 0.3) is 0 Å². The van der Waals surface area contributed by atoms with E-state index in [9.17, 15) is 75.7 Å². The molecule has 1 unspecified atom stereocenters. The third-order valence-corrected chi connectivity index (χ3v) is 18.9. The minimum atomic E-state index is -1.50. The predicted octanol–water partition coefficient (Wildman–Crippen LogP) is -8.21. The molecule has 8 heterocycles. The van der Waals surface area contributed by atoms with E-state index in [1.165, 1.54) is 25.6 Å². The summed E-state index contributed by atoms with van der Waals surface area (Å²) in [7, 11) is 0. The normalized spacial score (nSPS) is 29.1. The maximum Gasteiger partial charge on any atom is 0.217 e. The molecule has 624 valence electrons. The van der Waals surface area contributed by atoms with E-state index in [0.29, 0.717) is 81.4 Å². The van der Waals surface area contributed by atoms with Crippen LogP contribution in [-0.4, -0.2) is 377 Å². The van der Waals surface area contributed by atoms with Gasteiger partial charge in [-0.1, -0.05) is 54.6 Å². The number of nitrogens with zero attached hydrogens (tertiary/aromatic N) is 14. The van der Waals surface area contributed by atoms with Crippen LogP contribution in [0, 0.1) is 11.3 Å². The Bertz CT molecular complexity index is 3320. The molecular weight excluding hydrogens is 1460 g/mol. The first-order valence-electron chi connectivity index (χ1n) is 36.9. The van der Waals surface area contributed by atoms with E-state index in [1.807, 2.05) is 12.4 Å². The van der Waals surface area contributed by atoms with E-state index < -0.39 is 167 Å². The van der Waals surface area contributed by atoms with Gasteiger partial charge in [0, 0.05) is 77.5 Å². The van der Waals surface area contributed by atoms with E-state index in [2.05, 4.69) is 87.8 Å². The van der Waals surface area contributed by atoms with Crippen LogP contribution in [0.2, 0.25) is 0 Å². The Labute approximate surface area is 634 Å². The molecule has 110 heavy (non-hydrogen) atoms. The summed E-state index contributed by atoms with van der Waals surface area (Å²) in [6.45, 7) is 13.3. The Hall–Kier alpha value is -6.23. The van der Waals surface area contributed by atoms with Crippen molar-refractivity contribution in [2.24, 2.45) is 11.3 Å². The van der Waals surface area contributed by atoms with Gasteiger partial charge in [-0.15, -0.1) is 20.4 Å². The van der Waals surface area contributed by atoms with Gasteiger partial charge in [0.25, 0.3) is 0 Å². The number of aromatic nitrogens is 12. The minimum Gasteiger partial charge on any atom is -0.394 e. The number of nitrogens with one attached hydrogen (secondary N) is 3. The van der Waals surface area contributed by atoms with Gasteiger partial charge in [-0.3, -0.25) is 24.2 Å². The van der Waals surface area contributed by atoms with Gasteiger partial charge in [0.15, 0.2) is 25.2 Å². The minimum absolute atomic E-state index is 0.0176. The molecule has 4 aromatic rings. The van der Waals surface area contributed by atoms with Crippen LogP contribution in [0.15, 0.2) is 24.8 Å². The number of carbonyl (C=O) groups excluding carboxylic acids is 3. The lowest BCUT2D eigenvalue weighted by Gasteiger charge is -2.42. The molecule has 4 fully saturated rings. The summed E-state index contributed by atoms with van der Waals surface area (Å²) in [5.74, 6) is -2.03. The second-order valence-electron chi connectivity index (χ2n) is 28.5. The number of ether oxygens (including phenoxy) is 11. The van der Waals surface area contributed by atoms with Crippen molar-refractivity contribution < 1.29 is 133 Å². The zero-order valence-electron chi connectivity index (χ0n) is 63.1. The van der Waals surface area contributed by atoms with Crippen molar-refractivity contribution in [3.8, 4) is 0 Å². The monoisotopic (exact) mass is 1580 g/mol. The summed E-state index contributed by atoms with van der Waals surface area (Å²) in [4.78, 5) is 47.2. The number of hydrogen-bond acceptors (Lipinski definition) is 37. The lowest BCUT2D eigenvalue weighted by atomic mass is 9.82. The van der Waals surface area contributed by atoms with Crippen LogP contribution in [0.3, 0.4) is 0 Å². The molecule has 0 saturated carbocycles. The molecule has 0 aromatic carbocycles.